The van der Waals surface area contributed by atoms with Crippen molar-refractivity contribution in [2.45, 2.75) is 39.7 Å². The summed E-state index contributed by atoms with van der Waals surface area (Å²) in [6.45, 7) is 7.45. The maximum Gasteiger partial charge on any atom is 0.228 e. The fourth-order valence-electron chi connectivity index (χ4n) is 2.26. The lowest BCUT2D eigenvalue weighted by molar-refractivity contribution is 0.340. The molecule has 2 aromatic heterocycles. The van der Waals surface area contributed by atoms with E-state index >= 15 is 0 Å². The first-order chi connectivity index (χ1) is 10.1. The molecule has 114 valence electrons. The Labute approximate surface area is 130 Å². The maximum atomic E-state index is 5.82. The number of hydrogen-bond donors (Lipinski definition) is 1. The first-order valence-corrected chi connectivity index (χ1v) is 7.64. The number of rotatable bonds is 7. The first-order valence-electron chi connectivity index (χ1n) is 7.26. The summed E-state index contributed by atoms with van der Waals surface area (Å²) in [5.74, 6) is 1.75. The van der Waals surface area contributed by atoms with Gasteiger partial charge in [0.05, 0.1) is 5.02 Å². The molecule has 6 heteroatoms. The molecule has 5 nitrogen and oxygen atoms in total. The first kappa shape index (κ1) is 15.9. The van der Waals surface area contributed by atoms with E-state index in [1.165, 1.54) is 0 Å². The van der Waals surface area contributed by atoms with Crippen LogP contribution in [0.3, 0.4) is 0 Å². The number of nitrogens with one attached hydrogen (secondary N) is 1. The van der Waals surface area contributed by atoms with Crippen molar-refractivity contribution in [1.29, 1.82) is 0 Å². The van der Waals surface area contributed by atoms with Gasteiger partial charge in [0.2, 0.25) is 11.7 Å². The maximum absolute atomic E-state index is 5.82. The summed E-state index contributed by atoms with van der Waals surface area (Å²) in [4.78, 5) is 8.61. The molecular formula is C15H21ClN4O. The van der Waals surface area contributed by atoms with Crippen molar-refractivity contribution < 1.29 is 4.52 Å². The van der Waals surface area contributed by atoms with Gasteiger partial charge in [0.1, 0.15) is 5.69 Å². The molecule has 1 N–H and O–H groups in total. The van der Waals surface area contributed by atoms with Crippen LogP contribution in [0.2, 0.25) is 5.02 Å². The molecule has 0 aliphatic heterocycles. The van der Waals surface area contributed by atoms with Crippen LogP contribution in [0, 0.1) is 5.92 Å². The Kier molecular flexibility index (Phi) is 5.70. The van der Waals surface area contributed by atoms with Crippen LogP contribution in [-0.4, -0.2) is 27.7 Å². The van der Waals surface area contributed by atoms with Crippen molar-refractivity contribution in [1.82, 2.24) is 20.4 Å². The van der Waals surface area contributed by atoms with E-state index in [0.29, 0.717) is 34.4 Å². The summed E-state index contributed by atoms with van der Waals surface area (Å²) >= 11 is 5.82. The molecule has 0 fully saturated rings. The summed E-state index contributed by atoms with van der Waals surface area (Å²) in [5.41, 5.74) is 0.665. The van der Waals surface area contributed by atoms with Gasteiger partial charge in [-0.2, -0.15) is 4.98 Å². The SMILES string of the molecule is CCNC(Cc1nc(-c2ccc(Cl)cn2)no1)CC(C)C. The molecule has 21 heavy (non-hydrogen) atoms. The smallest absolute Gasteiger partial charge is 0.228 e. The molecule has 1 unspecified atom stereocenters. The molecule has 2 aromatic rings. The molecule has 0 saturated heterocycles. The van der Waals surface area contributed by atoms with Gasteiger partial charge in [0.25, 0.3) is 0 Å². The Morgan fingerprint density at radius 1 is 1.33 bits per heavy atom. The minimum absolute atomic E-state index is 0.349. The summed E-state index contributed by atoms with van der Waals surface area (Å²) < 4.78 is 5.33. The fourth-order valence-corrected chi connectivity index (χ4v) is 2.37. The zero-order chi connectivity index (χ0) is 15.2. The Morgan fingerprint density at radius 3 is 2.76 bits per heavy atom. The van der Waals surface area contributed by atoms with Gasteiger partial charge in [-0.1, -0.05) is 37.5 Å². The summed E-state index contributed by atoms with van der Waals surface area (Å²) in [6.07, 6.45) is 3.38. The van der Waals surface area contributed by atoms with Crippen molar-refractivity contribution in [3.8, 4) is 11.5 Å². The molecule has 0 spiro atoms. The summed E-state index contributed by atoms with van der Waals surface area (Å²) in [6, 6.07) is 3.90. The third kappa shape index (κ3) is 4.79. The van der Waals surface area contributed by atoms with Crippen molar-refractivity contribution in [3.05, 3.63) is 29.2 Å². The Bertz CT molecular complexity index is 553. The Morgan fingerprint density at radius 2 is 2.14 bits per heavy atom. The molecule has 0 aromatic carbocycles. The van der Waals surface area contributed by atoms with E-state index in [2.05, 4.69) is 41.2 Å². The highest BCUT2D eigenvalue weighted by atomic mass is 35.5. The molecule has 2 heterocycles. The van der Waals surface area contributed by atoms with Gasteiger partial charge in [-0.25, -0.2) is 0 Å². The lowest BCUT2D eigenvalue weighted by atomic mass is 10.0. The predicted octanol–water partition coefficient (Wildman–Crippen LogP) is 3.35. The zero-order valence-electron chi connectivity index (χ0n) is 12.6. The van der Waals surface area contributed by atoms with Gasteiger partial charge in [-0.15, -0.1) is 0 Å². The second-order valence-electron chi connectivity index (χ2n) is 5.46. The normalized spacial score (nSPS) is 12.8. The average molecular weight is 309 g/mol. The van der Waals surface area contributed by atoms with Crippen LogP contribution in [0.1, 0.15) is 33.1 Å². The van der Waals surface area contributed by atoms with Crippen LogP contribution < -0.4 is 5.32 Å². The number of hydrogen-bond acceptors (Lipinski definition) is 5. The largest absolute Gasteiger partial charge is 0.339 e. The number of likely N-dealkylation sites (N-methyl/N-ethyl adjacent to an activating group) is 1. The van der Waals surface area contributed by atoms with Crippen molar-refractivity contribution in [2.24, 2.45) is 5.92 Å². The van der Waals surface area contributed by atoms with Crippen molar-refractivity contribution in [2.75, 3.05) is 6.54 Å². The third-order valence-electron chi connectivity index (χ3n) is 3.09. The number of halogens is 1. The topological polar surface area (TPSA) is 63.8 Å². The molecule has 0 saturated carbocycles. The molecule has 1 atom stereocenters. The standard InChI is InChI=1S/C15H21ClN4O/c1-4-17-12(7-10(2)3)8-14-19-15(20-21-14)13-6-5-11(16)9-18-13/h5-6,9-10,12,17H,4,7-8H2,1-3H3. The van der Waals surface area contributed by atoms with Gasteiger partial charge in [0.15, 0.2) is 0 Å². The summed E-state index contributed by atoms with van der Waals surface area (Å²) in [5, 5.41) is 8.04. The Hall–Kier alpha value is -1.46. The van der Waals surface area contributed by atoms with Gasteiger partial charge < -0.3 is 9.84 Å². The molecule has 0 aliphatic carbocycles. The number of pyridine rings is 1. The van der Waals surface area contributed by atoms with Crippen LogP contribution in [0.4, 0.5) is 0 Å². The van der Waals surface area contributed by atoms with Crippen LogP contribution in [-0.2, 0) is 6.42 Å². The number of aromatic nitrogens is 3. The molecule has 2 rings (SSSR count). The average Bonchev–Trinajstić information content (AvgIpc) is 2.87. The second kappa shape index (κ2) is 7.52. The van der Waals surface area contributed by atoms with Crippen LogP contribution in [0.5, 0.6) is 0 Å². The quantitative estimate of drug-likeness (QED) is 0.849. The minimum atomic E-state index is 0.349. The van der Waals surface area contributed by atoms with E-state index in [9.17, 15) is 0 Å². The fraction of sp³-hybridized carbons (Fsp3) is 0.533. The molecule has 0 radical (unpaired) electrons. The van der Waals surface area contributed by atoms with E-state index in [4.69, 9.17) is 16.1 Å². The zero-order valence-corrected chi connectivity index (χ0v) is 13.4. The van der Waals surface area contributed by atoms with E-state index in [1.54, 1.807) is 18.3 Å². The predicted molar refractivity (Wildman–Crippen MR) is 83.2 cm³/mol. The van der Waals surface area contributed by atoms with E-state index in [0.717, 1.165) is 19.4 Å². The Balaban J connectivity index is 2.06. The molecule has 0 bridgehead atoms. The minimum Gasteiger partial charge on any atom is -0.339 e. The van der Waals surface area contributed by atoms with E-state index in [-0.39, 0.29) is 0 Å². The second-order valence-corrected chi connectivity index (χ2v) is 5.90. The number of nitrogens with zero attached hydrogens (tertiary/aromatic N) is 3. The van der Waals surface area contributed by atoms with Crippen LogP contribution >= 0.6 is 11.6 Å². The highest BCUT2D eigenvalue weighted by Gasteiger charge is 2.16. The molecule has 0 amide bonds. The lowest BCUT2D eigenvalue weighted by Crippen LogP contribution is -2.32. The monoisotopic (exact) mass is 308 g/mol. The van der Waals surface area contributed by atoms with Gasteiger partial charge in [0, 0.05) is 18.7 Å². The van der Waals surface area contributed by atoms with Gasteiger partial charge in [-0.3, -0.25) is 4.98 Å². The van der Waals surface area contributed by atoms with Crippen LogP contribution in [0.25, 0.3) is 11.5 Å². The highest BCUT2D eigenvalue weighted by molar-refractivity contribution is 6.30. The van der Waals surface area contributed by atoms with Crippen molar-refractivity contribution in [3.63, 3.8) is 0 Å². The summed E-state index contributed by atoms with van der Waals surface area (Å²) in [7, 11) is 0. The third-order valence-corrected chi connectivity index (χ3v) is 3.32. The molecule has 0 aliphatic rings. The van der Waals surface area contributed by atoms with E-state index < -0.39 is 0 Å². The molecular weight excluding hydrogens is 288 g/mol. The lowest BCUT2D eigenvalue weighted by Gasteiger charge is -2.17. The highest BCUT2D eigenvalue weighted by Crippen LogP contribution is 2.17. The van der Waals surface area contributed by atoms with Gasteiger partial charge in [-0.05, 0) is 31.0 Å². The van der Waals surface area contributed by atoms with E-state index in [1.807, 2.05) is 0 Å². The van der Waals surface area contributed by atoms with Gasteiger partial charge >= 0.3 is 0 Å². The van der Waals surface area contributed by atoms with Crippen molar-refractivity contribution >= 4 is 11.6 Å². The van der Waals surface area contributed by atoms with Crippen LogP contribution in [0.15, 0.2) is 22.9 Å².